The van der Waals surface area contributed by atoms with E-state index in [1.54, 1.807) is 13.0 Å². The van der Waals surface area contributed by atoms with Crippen LogP contribution < -0.4 is 10.6 Å². The van der Waals surface area contributed by atoms with E-state index >= 15 is 0 Å². The van der Waals surface area contributed by atoms with Crippen LogP contribution in [0.1, 0.15) is 37.5 Å². The third kappa shape index (κ3) is 5.85. The van der Waals surface area contributed by atoms with Crippen LogP contribution >= 0.6 is 0 Å². The molecule has 0 aliphatic carbocycles. The van der Waals surface area contributed by atoms with Crippen molar-refractivity contribution in [1.29, 1.82) is 5.26 Å². The average Bonchev–Trinajstić information content (AvgIpc) is 3.34. The third-order valence-corrected chi connectivity index (χ3v) is 5.86. The highest BCUT2D eigenvalue weighted by Crippen LogP contribution is 2.28. The highest BCUT2D eigenvalue weighted by atomic mass is 16.5. The van der Waals surface area contributed by atoms with Crippen LogP contribution in [0, 0.1) is 11.3 Å². The lowest BCUT2D eigenvalue weighted by Gasteiger charge is -2.28. The van der Waals surface area contributed by atoms with Gasteiger partial charge in [0.2, 0.25) is 11.7 Å². The molecule has 0 radical (unpaired) electrons. The van der Waals surface area contributed by atoms with Crippen LogP contribution in [0.25, 0.3) is 22.8 Å². The van der Waals surface area contributed by atoms with Gasteiger partial charge in [0.15, 0.2) is 0 Å². The molecule has 0 bridgehead atoms. The fraction of sp³-hybridized carbons (Fsp3) is 0.385. The summed E-state index contributed by atoms with van der Waals surface area (Å²) in [4.78, 5) is 18.8. The SMILES string of the molecule is CC(C)Nc1ccc(-c2nc(-c3ccc4c(c3)CCN(CC(=O)N[C@@H](C)CO)C4)no2)cc1C#N. The number of carbonyl (C=O) groups is 1. The number of hydrogen-bond acceptors (Lipinski definition) is 8. The Labute approximate surface area is 204 Å². The van der Waals surface area contributed by atoms with E-state index < -0.39 is 0 Å². The first-order chi connectivity index (χ1) is 16.9. The van der Waals surface area contributed by atoms with E-state index in [0.29, 0.717) is 35.9 Å². The second-order valence-corrected chi connectivity index (χ2v) is 9.19. The zero-order valence-corrected chi connectivity index (χ0v) is 20.2. The number of amides is 1. The van der Waals surface area contributed by atoms with Crippen molar-refractivity contribution in [2.24, 2.45) is 0 Å². The quantitative estimate of drug-likeness (QED) is 0.455. The maximum atomic E-state index is 12.1. The summed E-state index contributed by atoms with van der Waals surface area (Å²) in [5.41, 5.74) is 5.21. The van der Waals surface area contributed by atoms with Crippen LogP contribution in [0.2, 0.25) is 0 Å². The van der Waals surface area contributed by atoms with Gasteiger partial charge in [-0.3, -0.25) is 9.69 Å². The molecule has 1 aromatic heterocycles. The summed E-state index contributed by atoms with van der Waals surface area (Å²) in [6.45, 7) is 7.49. The molecule has 35 heavy (non-hydrogen) atoms. The molecule has 1 aliphatic rings. The monoisotopic (exact) mass is 474 g/mol. The first-order valence-electron chi connectivity index (χ1n) is 11.8. The summed E-state index contributed by atoms with van der Waals surface area (Å²) in [6, 6.07) is 13.7. The number of nitrogens with zero attached hydrogens (tertiary/aromatic N) is 4. The molecule has 1 atom stereocenters. The van der Waals surface area contributed by atoms with Gasteiger partial charge in [0.05, 0.1) is 24.4 Å². The minimum atomic E-state index is -0.247. The summed E-state index contributed by atoms with van der Waals surface area (Å²) in [7, 11) is 0. The highest BCUT2D eigenvalue weighted by molar-refractivity contribution is 5.78. The van der Waals surface area contributed by atoms with Crippen molar-refractivity contribution in [3.8, 4) is 28.9 Å². The fourth-order valence-electron chi connectivity index (χ4n) is 4.12. The van der Waals surface area contributed by atoms with E-state index in [1.807, 2.05) is 38.1 Å². The second-order valence-electron chi connectivity index (χ2n) is 9.19. The van der Waals surface area contributed by atoms with Gasteiger partial charge in [-0.25, -0.2) is 0 Å². The van der Waals surface area contributed by atoms with Gasteiger partial charge in [0.25, 0.3) is 5.89 Å². The molecule has 0 unspecified atom stereocenters. The van der Waals surface area contributed by atoms with E-state index in [4.69, 9.17) is 9.63 Å². The molecule has 2 heterocycles. The van der Waals surface area contributed by atoms with Crippen LogP contribution in [0.5, 0.6) is 0 Å². The molecule has 4 rings (SSSR count). The number of aliphatic hydroxyl groups is 1. The zero-order valence-electron chi connectivity index (χ0n) is 20.2. The fourth-order valence-corrected chi connectivity index (χ4v) is 4.12. The molecule has 0 fully saturated rings. The van der Waals surface area contributed by atoms with Gasteiger partial charge < -0.3 is 20.3 Å². The van der Waals surface area contributed by atoms with Gasteiger partial charge in [-0.2, -0.15) is 10.2 Å². The number of benzene rings is 2. The molecule has 3 aromatic rings. The number of nitriles is 1. The Kier molecular flexibility index (Phi) is 7.44. The Bertz CT molecular complexity index is 1250. The topological polar surface area (TPSA) is 127 Å². The van der Waals surface area contributed by atoms with Crippen molar-refractivity contribution in [2.45, 2.75) is 45.8 Å². The van der Waals surface area contributed by atoms with Crippen molar-refractivity contribution in [1.82, 2.24) is 20.4 Å². The van der Waals surface area contributed by atoms with Gasteiger partial charge >= 0.3 is 0 Å². The predicted octanol–water partition coefficient (Wildman–Crippen LogP) is 2.95. The van der Waals surface area contributed by atoms with E-state index in [2.05, 4.69) is 37.8 Å². The Morgan fingerprint density at radius 1 is 1.20 bits per heavy atom. The van der Waals surface area contributed by atoms with E-state index in [9.17, 15) is 10.1 Å². The van der Waals surface area contributed by atoms with Crippen LogP contribution in [-0.4, -0.2) is 57.8 Å². The minimum absolute atomic E-state index is 0.0741. The predicted molar refractivity (Wildman–Crippen MR) is 132 cm³/mol. The average molecular weight is 475 g/mol. The number of aromatic nitrogens is 2. The first kappa shape index (κ1) is 24.4. The van der Waals surface area contributed by atoms with Crippen LogP contribution in [-0.2, 0) is 17.8 Å². The van der Waals surface area contributed by atoms with Crippen LogP contribution in [0.15, 0.2) is 40.9 Å². The molecule has 182 valence electrons. The summed E-state index contributed by atoms with van der Waals surface area (Å²) >= 11 is 0. The molecule has 3 N–H and O–H groups in total. The number of carbonyl (C=O) groups excluding carboxylic acids is 1. The summed E-state index contributed by atoms with van der Waals surface area (Å²) in [6.07, 6.45) is 0.812. The lowest BCUT2D eigenvalue weighted by molar-refractivity contribution is -0.123. The number of fused-ring (bicyclic) bond motifs is 1. The van der Waals surface area contributed by atoms with E-state index in [0.717, 1.165) is 24.2 Å². The first-order valence-corrected chi connectivity index (χ1v) is 11.8. The Hall–Kier alpha value is -3.74. The maximum Gasteiger partial charge on any atom is 0.258 e. The maximum absolute atomic E-state index is 12.1. The summed E-state index contributed by atoms with van der Waals surface area (Å²) in [5.74, 6) is 0.767. The molecule has 9 nitrogen and oxygen atoms in total. The molecule has 1 amide bonds. The normalized spacial score (nSPS) is 14.3. The van der Waals surface area contributed by atoms with Crippen molar-refractivity contribution >= 4 is 11.6 Å². The number of rotatable bonds is 8. The van der Waals surface area contributed by atoms with E-state index in [-0.39, 0.29) is 24.6 Å². The highest BCUT2D eigenvalue weighted by Gasteiger charge is 2.21. The van der Waals surface area contributed by atoms with Gasteiger partial charge in [-0.05, 0) is 62.6 Å². The Balaban J connectivity index is 1.47. The van der Waals surface area contributed by atoms with Crippen molar-refractivity contribution in [3.63, 3.8) is 0 Å². The van der Waals surface area contributed by atoms with E-state index in [1.165, 1.54) is 11.1 Å². The largest absolute Gasteiger partial charge is 0.394 e. The van der Waals surface area contributed by atoms with Crippen molar-refractivity contribution < 1.29 is 14.4 Å². The molecule has 0 saturated carbocycles. The Morgan fingerprint density at radius 2 is 2.00 bits per heavy atom. The second kappa shape index (κ2) is 10.7. The molecule has 9 heteroatoms. The molecule has 2 aromatic carbocycles. The summed E-state index contributed by atoms with van der Waals surface area (Å²) in [5, 5.41) is 28.8. The van der Waals surface area contributed by atoms with Gasteiger partial charge in [-0.15, -0.1) is 0 Å². The molecule has 0 saturated heterocycles. The molecular weight excluding hydrogens is 444 g/mol. The van der Waals surface area contributed by atoms with Gasteiger partial charge in [0.1, 0.15) is 6.07 Å². The number of anilines is 1. The molecule has 1 aliphatic heterocycles. The molecule has 0 spiro atoms. The van der Waals surface area contributed by atoms with Crippen LogP contribution in [0.3, 0.4) is 0 Å². The van der Waals surface area contributed by atoms with Gasteiger partial charge in [0, 0.05) is 36.3 Å². The Morgan fingerprint density at radius 3 is 2.74 bits per heavy atom. The molecular formula is C26H30N6O3. The smallest absolute Gasteiger partial charge is 0.258 e. The van der Waals surface area contributed by atoms with Crippen molar-refractivity contribution in [3.05, 3.63) is 53.1 Å². The third-order valence-electron chi connectivity index (χ3n) is 5.86. The lowest BCUT2D eigenvalue weighted by Crippen LogP contribution is -2.43. The zero-order chi connectivity index (χ0) is 24.9. The lowest BCUT2D eigenvalue weighted by atomic mass is 9.97. The minimum Gasteiger partial charge on any atom is -0.394 e. The number of nitrogens with one attached hydrogen (secondary N) is 2. The van der Waals surface area contributed by atoms with Gasteiger partial charge in [-0.1, -0.05) is 17.3 Å². The van der Waals surface area contributed by atoms with Crippen molar-refractivity contribution in [2.75, 3.05) is 25.0 Å². The standard InChI is InChI=1S/C26H30N6O3/c1-16(2)28-23-7-6-20(11-22(23)12-27)26-30-25(31-35-26)19-4-5-21-13-32(9-8-18(21)10-19)14-24(34)29-17(3)15-33/h4-7,10-11,16-17,28,33H,8-9,13-15H2,1-3H3,(H,29,34)/t17-/m0/s1. The number of aliphatic hydroxyl groups excluding tert-OH is 1. The summed E-state index contributed by atoms with van der Waals surface area (Å²) < 4.78 is 5.51. The number of hydrogen-bond donors (Lipinski definition) is 3. The van der Waals surface area contributed by atoms with Crippen LogP contribution in [0.4, 0.5) is 5.69 Å².